The Morgan fingerprint density at radius 2 is 2.21 bits per heavy atom. The van der Waals surface area contributed by atoms with Crippen LogP contribution in [0, 0.1) is 0 Å². The van der Waals surface area contributed by atoms with E-state index in [9.17, 15) is 9.90 Å². The number of carbonyl (C=O) groups is 1. The second-order valence-corrected chi connectivity index (χ2v) is 8.65. The second kappa shape index (κ2) is 5.91. The monoisotopic (exact) mass is 428 g/mol. The van der Waals surface area contributed by atoms with Crippen LogP contribution in [-0.4, -0.2) is 24.6 Å². The van der Waals surface area contributed by atoms with Gasteiger partial charge in [-0.25, -0.2) is 0 Å². The maximum atomic E-state index is 12.7. The van der Waals surface area contributed by atoms with E-state index in [-0.39, 0.29) is 16.7 Å². The van der Waals surface area contributed by atoms with Crippen molar-refractivity contribution in [2.24, 2.45) is 0 Å². The molecule has 2 aliphatic heterocycles. The molecule has 3 heterocycles. The van der Waals surface area contributed by atoms with Gasteiger partial charge < -0.3 is 20.6 Å². The molecule has 0 aliphatic carbocycles. The van der Waals surface area contributed by atoms with Crippen LogP contribution in [0.4, 0.5) is 5.00 Å². The Morgan fingerprint density at radius 3 is 3.00 bits per heavy atom. The smallest absolute Gasteiger partial charge is 0.256 e. The molecule has 0 fully saturated rings. The van der Waals surface area contributed by atoms with Crippen molar-refractivity contribution in [2.75, 3.05) is 18.9 Å². The molecule has 1 unspecified atom stereocenters. The summed E-state index contributed by atoms with van der Waals surface area (Å²) in [7, 11) is 2.17. The number of rotatable bonds is 1. The van der Waals surface area contributed by atoms with Crippen molar-refractivity contribution in [3.63, 3.8) is 0 Å². The standard InChI is InChI=1S/C16H15BrClN3O2S/c1-21-3-2-8-11(6-21)24-16-12(8)15(23)19-14(20-16)9-4-7(17)5-10(18)13(9)22/h4-5,14,20,22H,2-3,6H2,1H3,(H,19,23)/p+1/t14-/m1/s1. The molecular weight excluding hydrogens is 414 g/mol. The summed E-state index contributed by atoms with van der Waals surface area (Å²) in [4.78, 5) is 15.4. The Bertz CT molecular complexity index is 854. The molecule has 24 heavy (non-hydrogen) atoms. The average molecular weight is 430 g/mol. The second-order valence-electron chi connectivity index (χ2n) is 6.22. The molecule has 0 bridgehead atoms. The van der Waals surface area contributed by atoms with E-state index >= 15 is 0 Å². The number of anilines is 1. The molecule has 2 aliphatic rings. The molecule has 126 valence electrons. The van der Waals surface area contributed by atoms with Crippen LogP contribution in [0.2, 0.25) is 5.02 Å². The van der Waals surface area contributed by atoms with Crippen molar-refractivity contribution < 1.29 is 14.8 Å². The number of quaternary nitrogens is 1. The third-order valence-electron chi connectivity index (χ3n) is 4.50. The van der Waals surface area contributed by atoms with Crippen LogP contribution in [0.15, 0.2) is 16.6 Å². The molecule has 1 aromatic heterocycles. The lowest BCUT2D eigenvalue weighted by molar-refractivity contribution is -0.895. The fourth-order valence-electron chi connectivity index (χ4n) is 3.29. The van der Waals surface area contributed by atoms with Gasteiger partial charge in [0.2, 0.25) is 0 Å². The highest BCUT2D eigenvalue weighted by atomic mass is 79.9. The van der Waals surface area contributed by atoms with Gasteiger partial charge in [-0.3, -0.25) is 4.79 Å². The Balaban J connectivity index is 1.74. The Morgan fingerprint density at radius 1 is 1.42 bits per heavy atom. The fraction of sp³-hybridized carbons (Fsp3) is 0.312. The number of hydrogen-bond donors (Lipinski definition) is 4. The zero-order valence-electron chi connectivity index (χ0n) is 12.9. The summed E-state index contributed by atoms with van der Waals surface area (Å²) >= 11 is 11.1. The Kier molecular flexibility index (Phi) is 3.99. The van der Waals surface area contributed by atoms with E-state index in [1.54, 1.807) is 23.5 Å². The van der Waals surface area contributed by atoms with E-state index in [1.807, 2.05) is 0 Å². The van der Waals surface area contributed by atoms with Gasteiger partial charge in [-0.05, 0) is 17.7 Å². The van der Waals surface area contributed by atoms with E-state index in [2.05, 4.69) is 33.6 Å². The lowest BCUT2D eigenvalue weighted by Gasteiger charge is -2.27. The highest BCUT2D eigenvalue weighted by Crippen LogP contribution is 2.42. The summed E-state index contributed by atoms with van der Waals surface area (Å²) in [5, 5.41) is 17.7. The van der Waals surface area contributed by atoms with Crippen LogP contribution in [0.5, 0.6) is 5.75 Å². The van der Waals surface area contributed by atoms with Crippen LogP contribution < -0.4 is 15.5 Å². The number of fused-ring (bicyclic) bond motifs is 3. The minimum absolute atomic E-state index is 0.0217. The van der Waals surface area contributed by atoms with Gasteiger partial charge in [-0.2, -0.15) is 0 Å². The number of phenols is 1. The first-order valence-electron chi connectivity index (χ1n) is 7.65. The minimum Gasteiger partial charge on any atom is -0.506 e. The number of thiophene rings is 1. The largest absolute Gasteiger partial charge is 0.506 e. The third-order valence-corrected chi connectivity index (χ3v) is 6.41. The lowest BCUT2D eigenvalue weighted by atomic mass is 10.0. The predicted molar refractivity (Wildman–Crippen MR) is 98.1 cm³/mol. The highest BCUT2D eigenvalue weighted by Gasteiger charge is 2.34. The molecule has 2 atom stereocenters. The van der Waals surface area contributed by atoms with E-state index in [1.165, 1.54) is 15.3 Å². The number of amides is 1. The van der Waals surface area contributed by atoms with E-state index in [0.717, 1.165) is 34.5 Å². The molecule has 4 N–H and O–H groups in total. The van der Waals surface area contributed by atoms with Gasteiger partial charge in [0.05, 0.1) is 29.1 Å². The number of benzene rings is 1. The van der Waals surface area contributed by atoms with Crippen LogP contribution in [-0.2, 0) is 13.0 Å². The summed E-state index contributed by atoms with van der Waals surface area (Å²) in [6.07, 6.45) is 0.408. The molecule has 0 radical (unpaired) electrons. The van der Waals surface area contributed by atoms with Gasteiger partial charge in [-0.15, -0.1) is 11.3 Å². The fourth-order valence-corrected chi connectivity index (χ4v) is 5.52. The number of halogens is 2. The normalized spacial score (nSPS) is 22.4. The molecule has 4 rings (SSSR count). The van der Waals surface area contributed by atoms with Crippen LogP contribution >= 0.6 is 38.9 Å². The van der Waals surface area contributed by atoms with Crippen LogP contribution in [0.1, 0.15) is 32.5 Å². The first-order chi connectivity index (χ1) is 11.4. The van der Waals surface area contributed by atoms with E-state index in [4.69, 9.17) is 11.6 Å². The molecule has 5 nitrogen and oxygen atoms in total. The molecule has 2 aromatic rings. The number of aromatic hydroxyl groups is 1. The number of likely N-dealkylation sites (N-methyl/N-ethyl adjacent to an activating group) is 1. The maximum absolute atomic E-state index is 12.7. The lowest BCUT2D eigenvalue weighted by Crippen LogP contribution is -3.08. The maximum Gasteiger partial charge on any atom is 0.256 e. The topological polar surface area (TPSA) is 65.8 Å². The first kappa shape index (κ1) is 16.2. The third kappa shape index (κ3) is 2.60. The summed E-state index contributed by atoms with van der Waals surface area (Å²) in [6, 6.07) is 3.38. The first-order valence-corrected chi connectivity index (χ1v) is 9.64. The van der Waals surface area contributed by atoms with Crippen LogP contribution in [0.3, 0.4) is 0 Å². The molecule has 0 saturated carbocycles. The Hall–Kier alpha value is -1.28. The summed E-state index contributed by atoms with van der Waals surface area (Å²) in [5.41, 5.74) is 2.47. The summed E-state index contributed by atoms with van der Waals surface area (Å²) < 4.78 is 0.748. The number of nitrogens with one attached hydrogen (secondary N) is 3. The zero-order chi connectivity index (χ0) is 17.0. The summed E-state index contributed by atoms with van der Waals surface area (Å²) in [5.74, 6) is -0.118. The summed E-state index contributed by atoms with van der Waals surface area (Å²) in [6.45, 7) is 1.98. The quantitative estimate of drug-likeness (QED) is 0.562. The Labute approximate surface area is 156 Å². The number of phenolic OH excluding ortho intramolecular Hbond substituents is 1. The number of hydrogen-bond acceptors (Lipinski definition) is 4. The average Bonchev–Trinajstić information content (AvgIpc) is 2.88. The molecule has 0 saturated heterocycles. The molecule has 1 amide bonds. The van der Waals surface area contributed by atoms with E-state index < -0.39 is 6.17 Å². The van der Waals surface area contributed by atoms with Crippen molar-refractivity contribution in [1.82, 2.24) is 5.32 Å². The molecule has 0 spiro atoms. The molecule has 8 heteroatoms. The number of carbonyl (C=O) groups excluding carboxylic acids is 1. The van der Waals surface area contributed by atoms with Crippen LogP contribution in [0.25, 0.3) is 0 Å². The molecule has 1 aromatic carbocycles. The van der Waals surface area contributed by atoms with Gasteiger partial charge in [0.25, 0.3) is 5.91 Å². The van der Waals surface area contributed by atoms with Gasteiger partial charge >= 0.3 is 0 Å². The SMILES string of the molecule is C[NH+]1CCc2c(sc3c2C(=O)N[C@@H](c2cc(Br)cc(Cl)c2O)N3)C1. The predicted octanol–water partition coefficient (Wildman–Crippen LogP) is 2.29. The van der Waals surface area contributed by atoms with Crippen molar-refractivity contribution in [3.05, 3.63) is 43.2 Å². The zero-order valence-corrected chi connectivity index (χ0v) is 16.0. The van der Waals surface area contributed by atoms with Crippen molar-refractivity contribution in [3.8, 4) is 5.75 Å². The van der Waals surface area contributed by atoms with Gasteiger partial charge in [0.1, 0.15) is 23.5 Å². The van der Waals surface area contributed by atoms with Crippen molar-refractivity contribution in [1.29, 1.82) is 0 Å². The minimum atomic E-state index is -0.509. The van der Waals surface area contributed by atoms with Crippen molar-refractivity contribution in [2.45, 2.75) is 19.1 Å². The highest BCUT2D eigenvalue weighted by molar-refractivity contribution is 9.10. The molecular formula is C16H16BrClN3O2S+. The van der Waals surface area contributed by atoms with E-state index in [0.29, 0.717) is 5.56 Å². The van der Waals surface area contributed by atoms with Gasteiger partial charge in [-0.1, -0.05) is 27.5 Å². The van der Waals surface area contributed by atoms with Gasteiger partial charge in [0, 0.05) is 16.5 Å². The van der Waals surface area contributed by atoms with Gasteiger partial charge in [0.15, 0.2) is 0 Å². The van der Waals surface area contributed by atoms with Crippen molar-refractivity contribution >= 4 is 49.8 Å².